The Morgan fingerprint density at radius 1 is 1.20 bits per heavy atom. The topological polar surface area (TPSA) is 56.4 Å². The molecule has 1 saturated heterocycles. The van der Waals surface area contributed by atoms with Crippen molar-refractivity contribution in [3.8, 4) is 0 Å². The second kappa shape index (κ2) is 7.66. The second-order valence-electron chi connectivity index (χ2n) is 6.78. The number of nitrogens with one attached hydrogen (secondary N) is 1. The number of hydrogen-bond acceptors (Lipinski definition) is 3. The number of H-pyrrole nitrogens is 1. The van der Waals surface area contributed by atoms with Crippen LogP contribution in [-0.4, -0.2) is 46.4 Å². The number of aromatic nitrogens is 1. The monoisotopic (exact) mass is 339 g/mol. The quantitative estimate of drug-likeness (QED) is 0.934. The molecule has 1 N–H and O–H groups in total. The smallest absolute Gasteiger partial charge is 0.259 e. The van der Waals surface area contributed by atoms with E-state index >= 15 is 0 Å². The van der Waals surface area contributed by atoms with E-state index in [4.69, 9.17) is 0 Å². The molecule has 2 aromatic rings. The van der Waals surface area contributed by atoms with Gasteiger partial charge in [0.05, 0.1) is 0 Å². The molecule has 0 saturated carbocycles. The van der Waals surface area contributed by atoms with Gasteiger partial charge in [-0.3, -0.25) is 14.5 Å². The van der Waals surface area contributed by atoms with Crippen molar-refractivity contribution >= 4 is 5.91 Å². The van der Waals surface area contributed by atoms with Crippen LogP contribution in [0.2, 0.25) is 0 Å². The lowest BCUT2D eigenvalue weighted by atomic mass is 10.1. The van der Waals surface area contributed by atoms with Gasteiger partial charge in [-0.25, -0.2) is 0 Å². The van der Waals surface area contributed by atoms with E-state index in [1.54, 1.807) is 4.90 Å². The van der Waals surface area contributed by atoms with E-state index in [1.165, 1.54) is 17.8 Å². The Balaban J connectivity index is 1.70. The molecule has 1 atom stereocenters. The van der Waals surface area contributed by atoms with Crippen LogP contribution in [-0.2, 0) is 6.54 Å². The maximum absolute atomic E-state index is 12.7. The molecule has 0 bridgehead atoms. The molecule has 1 fully saturated rings. The number of amides is 1. The number of carbonyl (C=O) groups is 1. The number of benzene rings is 1. The minimum atomic E-state index is -0.209. The Labute approximate surface area is 148 Å². The van der Waals surface area contributed by atoms with Crippen LogP contribution >= 0.6 is 0 Å². The summed E-state index contributed by atoms with van der Waals surface area (Å²) in [6.45, 7) is 7.03. The summed E-state index contributed by atoms with van der Waals surface area (Å²) in [4.78, 5) is 32.0. The summed E-state index contributed by atoms with van der Waals surface area (Å²) >= 11 is 0. The van der Waals surface area contributed by atoms with Gasteiger partial charge in [0.15, 0.2) is 5.43 Å². The molecular weight excluding hydrogens is 314 g/mol. The number of nitrogens with zero attached hydrogens (tertiary/aromatic N) is 2. The van der Waals surface area contributed by atoms with Crippen LogP contribution in [0.4, 0.5) is 0 Å². The zero-order chi connectivity index (χ0) is 17.8. The van der Waals surface area contributed by atoms with E-state index in [1.807, 2.05) is 13.0 Å². The van der Waals surface area contributed by atoms with E-state index < -0.39 is 0 Å². The summed E-state index contributed by atoms with van der Waals surface area (Å²) in [6, 6.07) is 12.3. The highest BCUT2D eigenvalue weighted by Gasteiger charge is 2.25. The number of hydrogen-bond donors (Lipinski definition) is 1. The average Bonchev–Trinajstić information content (AvgIpc) is 2.78. The molecule has 1 aromatic heterocycles. The molecule has 0 radical (unpaired) electrons. The van der Waals surface area contributed by atoms with E-state index in [-0.39, 0.29) is 16.9 Å². The van der Waals surface area contributed by atoms with Crippen LogP contribution in [0.15, 0.2) is 47.4 Å². The molecule has 0 spiro atoms. The average molecular weight is 339 g/mol. The fourth-order valence-corrected chi connectivity index (χ4v) is 3.27. The maximum Gasteiger partial charge on any atom is 0.259 e. The SMILES string of the molecule is Cc1cc(=O)c(C(=O)N2CCC(C)N(Cc3ccccc3)CC2)c[nH]1. The largest absolute Gasteiger partial charge is 0.364 e. The van der Waals surface area contributed by atoms with Crippen LogP contribution in [0.25, 0.3) is 0 Å². The Bertz CT molecular complexity index is 785. The van der Waals surface area contributed by atoms with Crippen LogP contribution in [0, 0.1) is 6.92 Å². The second-order valence-corrected chi connectivity index (χ2v) is 6.78. The predicted molar refractivity (Wildman–Crippen MR) is 98.6 cm³/mol. The van der Waals surface area contributed by atoms with Crippen LogP contribution in [0.5, 0.6) is 0 Å². The molecule has 1 aliphatic rings. The molecule has 0 aliphatic carbocycles. The Morgan fingerprint density at radius 2 is 1.96 bits per heavy atom. The first-order chi connectivity index (χ1) is 12.0. The van der Waals surface area contributed by atoms with E-state index in [2.05, 4.69) is 41.1 Å². The van der Waals surface area contributed by atoms with Gasteiger partial charge in [-0.1, -0.05) is 30.3 Å². The van der Waals surface area contributed by atoms with Crippen LogP contribution in [0.1, 0.15) is 35.0 Å². The van der Waals surface area contributed by atoms with Crippen LogP contribution in [0.3, 0.4) is 0 Å². The molecular formula is C20H25N3O2. The highest BCUT2D eigenvalue weighted by Crippen LogP contribution is 2.15. The minimum Gasteiger partial charge on any atom is -0.364 e. The van der Waals surface area contributed by atoms with E-state index in [9.17, 15) is 9.59 Å². The summed E-state index contributed by atoms with van der Waals surface area (Å²) in [5.74, 6) is -0.171. The van der Waals surface area contributed by atoms with Crippen molar-refractivity contribution in [3.05, 3.63) is 69.6 Å². The Hall–Kier alpha value is -2.40. The van der Waals surface area contributed by atoms with Gasteiger partial charge in [0.1, 0.15) is 5.56 Å². The molecule has 1 aliphatic heterocycles. The number of pyridine rings is 1. The van der Waals surface area contributed by atoms with Crippen molar-refractivity contribution in [1.82, 2.24) is 14.8 Å². The first kappa shape index (κ1) is 17.4. The highest BCUT2D eigenvalue weighted by molar-refractivity contribution is 5.93. The molecule has 2 heterocycles. The Morgan fingerprint density at radius 3 is 2.68 bits per heavy atom. The van der Waals surface area contributed by atoms with Gasteiger partial charge in [0.25, 0.3) is 5.91 Å². The highest BCUT2D eigenvalue weighted by atomic mass is 16.2. The fraction of sp³-hybridized carbons (Fsp3) is 0.400. The molecule has 1 amide bonds. The summed E-state index contributed by atoms with van der Waals surface area (Å²) in [5.41, 5.74) is 2.07. The predicted octanol–water partition coefficient (Wildman–Crippen LogP) is 2.42. The van der Waals surface area contributed by atoms with Crippen molar-refractivity contribution in [3.63, 3.8) is 0 Å². The number of aryl methyl sites for hydroxylation is 1. The van der Waals surface area contributed by atoms with Crippen molar-refractivity contribution in [1.29, 1.82) is 0 Å². The number of aromatic amines is 1. The molecule has 25 heavy (non-hydrogen) atoms. The Kier molecular flexibility index (Phi) is 5.34. The van der Waals surface area contributed by atoms with Gasteiger partial charge in [-0.05, 0) is 25.8 Å². The number of rotatable bonds is 3. The molecule has 5 nitrogen and oxygen atoms in total. The normalized spacial score (nSPS) is 18.8. The lowest BCUT2D eigenvalue weighted by Gasteiger charge is -2.26. The third kappa shape index (κ3) is 4.17. The van der Waals surface area contributed by atoms with E-state index in [0.717, 1.165) is 25.2 Å². The van der Waals surface area contributed by atoms with Gasteiger partial charge >= 0.3 is 0 Å². The van der Waals surface area contributed by atoms with Gasteiger partial charge < -0.3 is 9.88 Å². The minimum absolute atomic E-state index is 0.171. The lowest BCUT2D eigenvalue weighted by molar-refractivity contribution is 0.0759. The van der Waals surface area contributed by atoms with Gasteiger partial charge in [-0.15, -0.1) is 0 Å². The van der Waals surface area contributed by atoms with Crippen molar-refractivity contribution in [2.24, 2.45) is 0 Å². The summed E-state index contributed by atoms with van der Waals surface area (Å²) in [6.07, 6.45) is 2.44. The van der Waals surface area contributed by atoms with Crippen molar-refractivity contribution in [2.75, 3.05) is 19.6 Å². The molecule has 3 rings (SSSR count). The fourth-order valence-electron chi connectivity index (χ4n) is 3.27. The maximum atomic E-state index is 12.7. The standard InChI is InChI=1S/C20H25N3O2/c1-15-12-19(24)18(13-21-15)20(25)22-9-8-16(2)23(11-10-22)14-17-6-4-3-5-7-17/h3-7,12-13,16H,8-11,14H2,1-2H3,(H,21,24). The summed E-state index contributed by atoms with van der Waals surface area (Å²) < 4.78 is 0. The lowest BCUT2D eigenvalue weighted by Crippen LogP contribution is -2.37. The first-order valence-corrected chi connectivity index (χ1v) is 8.81. The third-order valence-corrected chi connectivity index (χ3v) is 4.90. The summed E-state index contributed by atoms with van der Waals surface area (Å²) in [5, 5.41) is 0. The van der Waals surface area contributed by atoms with Crippen molar-refractivity contribution in [2.45, 2.75) is 32.9 Å². The summed E-state index contributed by atoms with van der Waals surface area (Å²) in [7, 11) is 0. The number of carbonyl (C=O) groups excluding carboxylic acids is 1. The van der Waals surface area contributed by atoms with Gasteiger partial charge in [0.2, 0.25) is 0 Å². The zero-order valence-corrected chi connectivity index (χ0v) is 14.9. The first-order valence-electron chi connectivity index (χ1n) is 8.81. The molecule has 5 heteroatoms. The molecule has 1 aromatic carbocycles. The molecule has 1 unspecified atom stereocenters. The zero-order valence-electron chi connectivity index (χ0n) is 14.9. The van der Waals surface area contributed by atoms with Gasteiger partial charge in [0, 0.05) is 50.2 Å². The van der Waals surface area contributed by atoms with Crippen molar-refractivity contribution < 1.29 is 4.79 Å². The van der Waals surface area contributed by atoms with Crippen LogP contribution < -0.4 is 5.43 Å². The van der Waals surface area contributed by atoms with Gasteiger partial charge in [-0.2, -0.15) is 0 Å². The van der Waals surface area contributed by atoms with E-state index in [0.29, 0.717) is 19.1 Å². The molecule has 132 valence electrons. The third-order valence-electron chi connectivity index (χ3n) is 4.90.